The Hall–Kier alpha value is -0.900. The van der Waals surface area contributed by atoms with Crippen molar-refractivity contribution in [3.8, 4) is 0 Å². The second-order valence-corrected chi connectivity index (χ2v) is 4.65. The van der Waals surface area contributed by atoms with Gasteiger partial charge in [-0.1, -0.05) is 20.8 Å². The Morgan fingerprint density at radius 3 is 3.00 bits per heavy atom. The Morgan fingerprint density at radius 2 is 2.31 bits per heavy atom. The SMILES string of the molecule is CC(C)(C)C1CNCn2ncnc21. The molecule has 13 heavy (non-hydrogen) atoms. The molecule has 72 valence electrons. The molecule has 2 heterocycles. The summed E-state index contributed by atoms with van der Waals surface area (Å²) in [6.07, 6.45) is 1.64. The predicted octanol–water partition coefficient (Wildman–Crippen LogP) is 0.968. The maximum Gasteiger partial charge on any atom is 0.138 e. The van der Waals surface area contributed by atoms with E-state index in [0.717, 1.165) is 19.0 Å². The average molecular weight is 180 g/mol. The first-order valence-corrected chi connectivity index (χ1v) is 4.67. The molecule has 0 saturated carbocycles. The first-order chi connectivity index (χ1) is 6.09. The van der Waals surface area contributed by atoms with Gasteiger partial charge in [-0.3, -0.25) is 5.32 Å². The molecule has 1 aliphatic heterocycles. The maximum atomic E-state index is 4.32. The summed E-state index contributed by atoms with van der Waals surface area (Å²) < 4.78 is 1.94. The van der Waals surface area contributed by atoms with E-state index in [9.17, 15) is 0 Å². The van der Waals surface area contributed by atoms with Crippen LogP contribution in [0.2, 0.25) is 0 Å². The van der Waals surface area contributed by atoms with E-state index in [1.54, 1.807) is 6.33 Å². The first-order valence-electron chi connectivity index (χ1n) is 4.67. The zero-order chi connectivity index (χ0) is 9.47. The summed E-state index contributed by atoms with van der Waals surface area (Å²) in [5.74, 6) is 1.58. The van der Waals surface area contributed by atoms with Gasteiger partial charge in [0, 0.05) is 12.5 Å². The van der Waals surface area contributed by atoms with Crippen LogP contribution in [0.15, 0.2) is 6.33 Å². The summed E-state index contributed by atoms with van der Waals surface area (Å²) >= 11 is 0. The van der Waals surface area contributed by atoms with Crippen molar-refractivity contribution < 1.29 is 0 Å². The van der Waals surface area contributed by atoms with Gasteiger partial charge >= 0.3 is 0 Å². The molecule has 0 aromatic carbocycles. The molecule has 0 radical (unpaired) electrons. The summed E-state index contributed by atoms with van der Waals surface area (Å²) in [5, 5.41) is 7.51. The van der Waals surface area contributed by atoms with E-state index in [2.05, 4.69) is 36.2 Å². The minimum absolute atomic E-state index is 0.248. The Morgan fingerprint density at radius 1 is 1.54 bits per heavy atom. The highest BCUT2D eigenvalue weighted by Crippen LogP contribution is 2.34. The van der Waals surface area contributed by atoms with Crippen molar-refractivity contribution in [2.24, 2.45) is 5.41 Å². The van der Waals surface area contributed by atoms with Gasteiger partial charge in [-0.2, -0.15) is 5.10 Å². The number of hydrogen-bond donors (Lipinski definition) is 1. The molecule has 0 fully saturated rings. The second-order valence-electron chi connectivity index (χ2n) is 4.65. The van der Waals surface area contributed by atoms with E-state index in [1.165, 1.54) is 0 Å². The maximum absolute atomic E-state index is 4.32. The van der Waals surface area contributed by atoms with Crippen LogP contribution in [-0.4, -0.2) is 21.3 Å². The highest BCUT2D eigenvalue weighted by molar-refractivity contribution is 5.04. The molecule has 4 heteroatoms. The van der Waals surface area contributed by atoms with Crippen LogP contribution in [0.25, 0.3) is 0 Å². The van der Waals surface area contributed by atoms with Crippen molar-refractivity contribution in [3.63, 3.8) is 0 Å². The summed E-state index contributed by atoms with van der Waals surface area (Å²) in [7, 11) is 0. The average Bonchev–Trinajstić information content (AvgIpc) is 2.48. The van der Waals surface area contributed by atoms with Crippen molar-refractivity contribution in [1.29, 1.82) is 0 Å². The molecule has 0 spiro atoms. The van der Waals surface area contributed by atoms with Gasteiger partial charge in [-0.15, -0.1) is 0 Å². The fourth-order valence-electron chi connectivity index (χ4n) is 1.76. The van der Waals surface area contributed by atoms with Gasteiger partial charge in [0.25, 0.3) is 0 Å². The molecule has 1 atom stereocenters. The van der Waals surface area contributed by atoms with Crippen LogP contribution < -0.4 is 5.32 Å². The summed E-state index contributed by atoms with van der Waals surface area (Å²) in [5.41, 5.74) is 0.248. The van der Waals surface area contributed by atoms with Crippen molar-refractivity contribution in [1.82, 2.24) is 20.1 Å². The van der Waals surface area contributed by atoms with E-state index < -0.39 is 0 Å². The Balaban J connectivity index is 2.35. The third-order valence-corrected chi connectivity index (χ3v) is 2.61. The predicted molar refractivity (Wildman–Crippen MR) is 50.2 cm³/mol. The molecule has 0 saturated heterocycles. The monoisotopic (exact) mass is 180 g/mol. The highest BCUT2D eigenvalue weighted by Gasteiger charge is 2.32. The van der Waals surface area contributed by atoms with Crippen LogP contribution in [0.4, 0.5) is 0 Å². The van der Waals surface area contributed by atoms with Crippen molar-refractivity contribution in [2.45, 2.75) is 33.4 Å². The lowest BCUT2D eigenvalue weighted by Gasteiger charge is -2.33. The normalized spacial score (nSPS) is 22.8. The zero-order valence-corrected chi connectivity index (χ0v) is 8.41. The number of nitrogens with zero attached hydrogens (tertiary/aromatic N) is 3. The Bertz CT molecular complexity index is 297. The van der Waals surface area contributed by atoms with E-state index in [0.29, 0.717) is 5.92 Å². The van der Waals surface area contributed by atoms with Gasteiger partial charge in [-0.25, -0.2) is 9.67 Å². The molecule has 0 amide bonds. The first kappa shape index (κ1) is 8.69. The number of hydrogen-bond acceptors (Lipinski definition) is 3. The lowest BCUT2D eigenvalue weighted by atomic mass is 9.79. The van der Waals surface area contributed by atoms with E-state index in [4.69, 9.17) is 0 Å². The molecule has 0 aliphatic carbocycles. The highest BCUT2D eigenvalue weighted by atomic mass is 15.4. The molecule has 1 N–H and O–H groups in total. The molecule has 2 rings (SSSR count). The van der Waals surface area contributed by atoms with Gasteiger partial charge < -0.3 is 0 Å². The largest absolute Gasteiger partial charge is 0.297 e. The molecule has 1 unspecified atom stereocenters. The van der Waals surface area contributed by atoms with Crippen molar-refractivity contribution in [3.05, 3.63) is 12.2 Å². The molecular formula is C9H16N4. The van der Waals surface area contributed by atoms with Crippen molar-refractivity contribution >= 4 is 0 Å². The summed E-state index contributed by atoms with van der Waals surface area (Å²) in [6.45, 7) is 8.52. The summed E-state index contributed by atoms with van der Waals surface area (Å²) in [6, 6.07) is 0. The van der Waals surface area contributed by atoms with Gasteiger partial charge in [0.2, 0.25) is 0 Å². The summed E-state index contributed by atoms with van der Waals surface area (Å²) in [4.78, 5) is 4.32. The van der Waals surface area contributed by atoms with Crippen LogP contribution in [0, 0.1) is 5.41 Å². The Kier molecular flexibility index (Phi) is 1.87. The van der Waals surface area contributed by atoms with Gasteiger partial charge in [0.15, 0.2) is 0 Å². The van der Waals surface area contributed by atoms with Crippen molar-refractivity contribution in [2.75, 3.05) is 6.54 Å². The van der Waals surface area contributed by atoms with Crippen LogP contribution >= 0.6 is 0 Å². The quantitative estimate of drug-likeness (QED) is 0.647. The van der Waals surface area contributed by atoms with Gasteiger partial charge in [0.1, 0.15) is 12.2 Å². The van der Waals surface area contributed by atoms with E-state index in [1.807, 2.05) is 4.68 Å². The molecule has 1 aromatic heterocycles. The third kappa shape index (κ3) is 1.46. The van der Waals surface area contributed by atoms with E-state index >= 15 is 0 Å². The van der Waals surface area contributed by atoms with Crippen LogP contribution in [-0.2, 0) is 6.67 Å². The van der Waals surface area contributed by atoms with Crippen LogP contribution in [0.5, 0.6) is 0 Å². The molecule has 4 nitrogen and oxygen atoms in total. The lowest BCUT2D eigenvalue weighted by molar-refractivity contribution is 0.252. The van der Waals surface area contributed by atoms with Gasteiger partial charge in [0.05, 0.1) is 6.67 Å². The lowest BCUT2D eigenvalue weighted by Crippen LogP contribution is -2.39. The fourth-order valence-corrected chi connectivity index (χ4v) is 1.76. The number of aromatic nitrogens is 3. The number of fused-ring (bicyclic) bond motifs is 1. The molecule has 0 bridgehead atoms. The molecule has 1 aromatic rings. The van der Waals surface area contributed by atoms with Crippen LogP contribution in [0.1, 0.15) is 32.5 Å². The Labute approximate surface area is 78.4 Å². The minimum Gasteiger partial charge on any atom is -0.297 e. The fraction of sp³-hybridized carbons (Fsp3) is 0.778. The van der Waals surface area contributed by atoms with Gasteiger partial charge in [-0.05, 0) is 5.41 Å². The second kappa shape index (κ2) is 2.80. The number of nitrogens with one attached hydrogen (secondary N) is 1. The molecule has 1 aliphatic rings. The minimum atomic E-state index is 0.248. The topological polar surface area (TPSA) is 42.7 Å². The number of rotatable bonds is 0. The standard InChI is InChI=1S/C9H16N4/c1-9(2,3)7-4-10-6-13-8(7)11-5-12-13/h5,7,10H,4,6H2,1-3H3. The molecular weight excluding hydrogens is 164 g/mol. The third-order valence-electron chi connectivity index (χ3n) is 2.61. The zero-order valence-electron chi connectivity index (χ0n) is 8.41. The smallest absolute Gasteiger partial charge is 0.138 e. The van der Waals surface area contributed by atoms with E-state index in [-0.39, 0.29) is 5.41 Å². The van der Waals surface area contributed by atoms with Crippen LogP contribution in [0.3, 0.4) is 0 Å².